The van der Waals surface area contributed by atoms with Crippen LogP contribution in [0.4, 0.5) is 20.4 Å². The van der Waals surface area contributed by atoms with E-state index in [0.717, 1.165) is 43.8 Å². The average molecular weight is 435 g/mol. The van der Waals surface area contributed by atoms with Crippen molar-refractivity contribution in [1.29, 1.82) is 0 Å². The first-order valence-electron chi connectivity index (χ1n) is 10.6. The fourth-order valence-corrected chi connectivity index (χ4v) is 3.99. The molecule has 0 amide bonds. The SMILES string of the molecule is CC(Nc1ncnc2[nH]cc(-c3ccc(F)c(F)c3)c12)c1cccc(N2CCNCC2)n1. The summed E-state index contributed by atoms with van der Waals surface area (Å²) in [5, 5.41) is 7.48. The van der Waals surface area contributed by atoms with Crippen LogP contribution in [0.15, 0.2) is 48.9 Å². The summed E-state index contributed by atoms with van der Waals surface area (Å²) >= 11 is 0. The summed E-state index contributed by atoms with van der Waals surface area (Å²) in [6.07, 6.45) is 3.19. The van der Waals surface area contributed by atoms with E-state index in [1.807, 2.05) is 25.1 Å². The molecule has 1 unspecified atom stereocenters. The molecule has 32 heavy (non-hydrogen) atoms. The minimum absolute atomic E-state index is 0.135. The first-order chi connectivity index (χ1) is 15.6. The van der Waals surface area contributed by atoms with Crippen molar-refractivity contribution >= 4 is 22.7 Å². The molecule has 0 saturated carbocycles. The van der Waals surface area contributed by atoms with Gasteiger partial charge in [-0.05, 0) is 36.8 Å². The van der Waals surface area contributed by atoms with Crippen LogP contribution in [-0.4, -0.2) is 46.1 Å². The second-order valence-corrected chi connectivity index (χ2v) is 7.80. The molecule has 4 aromatic rings. The predicted molar refractivity (Wildman–Crippen MR) is 121 cm³/mol. The molecule has 1 atom stereocenters. The molecule has 0 bridgehead atoms. The Hall–Kier alpha value is -3.59. The highest BCUT2D eigenvalue weighted by Crippen LogP contribution is 2.34. The largest absolute Gasteiger partial charge is 0.361 e. The second-order valence-electron chi connectivity index (χ2n) is 7.80. The van der Waals surface area contributed by atoms with Crippen LogP contribution >= 0.6 is 0 Å². The fourth-order valence-electron chi connectivity index (χ4n) is 3.99. The van der Waals surface area contributed by atoms with E-state index in [1.54, 1.807) is 12.3 Å². The Balaban J connectivity index is 1.46. The number of H-pyrrole nitrogens is 1. The van der Waals surface area contributed by atoms with Crippen LogP contribution in [0, 0.1) is 11.6 Å². The van der Waals surface area contributed by atoms with E-state index in [1.165, 1.54) is 12.4 Å². The molecule has 3 N–H and O–H groups in total. The van der Waals surface area contributed by atoms with Gasteiger partial charge >= 0.3 is 0 Å². The topological polar surface area (TPSA) is 81.8 Å². The highest BCUT2D eigenvalue weighted by molar-refractivity contribution is 6.00. The van der Waals surface area contributed by atoms with Crippen molar-refractivity contribution in [1.82, 2.24) is 25.3 Å². The molecular weight excluding hydrogens is 412 g/mol. The normalized spacial score (nSPS) is 15.2. The number of nitrogens with zero attached hydrogens (tertiary/aromatic N) is 4. The zero-order chi connectivity index (χ0) is 22.1. The summed E-state index contributed by atoms with van der Waals surface area (Å²) in [7, 11) is 0. The summed E-state index contributed by atoms with van der Waals surface area (Å²) in [5.74, 6) is -0.231. The molecule has 164 valence electrons. The summed E-state index contributed by atoms with van der Waals surface area (Å²) in [4.78, 5) is 18.9. The Kier molecular flexibility index (Phi) is 5.40. The lowest BCUT2D eigenvalue weighted by Crippen LogP contribution is -2.44. The first-order valence-corrected chi connectivity index (χ1v) is 10.6. The number of nitrogens with one attached hydrogen (secondary N) is 3. The number of anilines is 2. The Morgan fingerprint density at radius 1 is 1.06 bits per heavy atom. The summed E-state index contributed by atoms with van der Waals surface area (Å²) in [5.41, 5.74) is 2.73. The van der Waals surface area contributed by atoms with Crippen molar-refractivity contribution in [2.24, 2.45) is 0 Å². The number of rotatable bonds is 5. The maximum atomic E-state index is 13.8. The molecule has 7 nitrogen and oxygen atoms in total. The van der Waals surface area contributed by atoms with Crippen molar-refractivity contribution in [2.75, 3.05) is 36.4 Å². The lowest BCUT2D eigenvalue weighted by molar-refractivity contribution is 0.509. The average Bonchev–Trinajstić information content (AvgIpc) is 3.27. The number of benzene rings is 1. The number of hydrogen-bond acceptors (Lipinski definition) is 6. The Morgan fingerprint density at radius 2 is 1.91 bits per heavy atom. The van der Waals surface area contributed by atoms with E-state index >= 15 is 0 Å². The number of pyridine rings is 1. The zero-order valence-electron chi connectivity index (χ0n) is 17.6. The molecule has 1 fully saturated rings. The standard InChI is InChI=1S/C23H23F2N7/c1-14(19-3-2-4-20(31-19)32-9-7-26-8-10-32)30-23-21-16(12-27-22(21)28-13-29-23)15-5-6-17(24)18(25)11-15/h2-6,11-14,26H,7-10H2,1H3,(H2,27,28,29,30). The molecule has 1 aliphatic heterocycles. The van der Waals surface area contributed by atoms with Gasteiger partial charge in [0, 0.05) is 37.9 Å². The number of hydrogen-bond donors (Lipinski definition) is 3. The number of piperazine rings is 1. The van der Waals surface area contributed by atoms with Gasteiger partial charge in [-0.15, -0.1) is 0 Å². The third-order valence-corrected chi connectivity index (χ3v) is 5.69. The number of aromatic nitrogens is 4. The molecule has 4 heterocycles. The van der Waals surface area contributed by atoms with Crippen LogP contribution in [-0.2, 0) is 0 Å². The fraction of sp³-hybridized carbons (Fsp3) is 0.261. The number of halogens is 2. The number of fused-ring (bicyclic) bond motifs is 1. The van der Waals surface area contributed by atoms with Gasteiger partial charge in [0.25, 0.3) is 0 Å². The van der Waals surface area contributed by atoms with Crippen LogP contribution in [0.2, 0.25) is 0 Å². The van der Waals surface area contributed by atoms with Crippen molar-refractivity contribution in [3.8, 4) is 11.1 Å². The predicted octanol–water partition coefficient (Wildman–Crippen LogP) is 3.88. The Bertz CT molecular complexity index is 1250. The van der Waals surface area contributed by atoms with Gasteiger partial charge in [0.2, 0.25) is 0 Å². The van der Waals surface area contributed by atoms with Gasteiger partial charge in [-0.3, -0.25) is 0 Å². The van der Waals surface area contributed by atoms with E-state index in [2.05, 4.69) is 30.5 Å². The van der Waals surface area contributed by atoms with Crippen molar-refractivity contribution < 1.29 is 8.78 Å². The van der Waals surface area contributed by atoms with E-state index in [4.69, 9.17) is 4.98 Å². The minimum Gasteiger partial charge on any atom is -0.361 e. The minimum atomic E-state index is -0.898. The molecular formula is C23H23F2N7. The maximum Gasteiger partial charge on any atom is 0.159 e. The van der Waals surface area contributed by atoms with Crippen LogP contribution in [0.3, 0.4) is 0 Å². The molecule has 0 radical (unpaired) electrons. The molecule has 9 heteroatoms. The van der Waals surface area contributed by atoms with Crippen LogP contribution in [0.5, 0.6) is 0 Å². The zero-order valence-corrected chi connectivity index (χ0v) is 17.6. The second kappa shape index (κ2) is 8.51. The van der Waals surface area contributed by atoms with E-state index in [0.29, 0.717) is 28.0 Å². The van der Waals surface area contributed by atoms with Gasteiger partial charge in [-0.1, -0.05) is 12.1 Å². The lowest BCUT2D eigenvalue weighted by Gasteiger charge is -2.29. The van der Waals surface area contributed by atoms with Crippen molar-refractivity contribution in [3.63, 3.8) is 0 Å². The Labute approximate surface area is 183 Å². The monoisotopic (exact) mass is 435 g/mol. The van der Waals surface area contributed by atoms with Gasteiger partial charge in [0.05, 0.1) is 17.1 Å². The third kappa shape index (κ3) is 3.87. The number of aromatic amines is 1. The molecule has 3 aromatic heterocycles. The molecule has 0 aliphatic carbocycles. The highest BCUT2D eigenvalue weighted by atomic mass is 19.2. The lowest BCUT2D eigenvalue weighted by atomic mass is 10.1. The van der Waals surface area contributed by atoms with Gasteiger partial charge < -0.3 is 20.5 Å². The van der Waals surface area contributed by atoms with Crippen molar-refractivity contribution in [3.05, 3.63) is 66.3 Å². The quantitative estimate of drug-likeness (QED) is 0.441. The van der Waals surface area contributed by atoms with Crippen molar-refractivity contribution in [2.45, 2.75) is 13.0 Å². The molecule has 1 aromatic carbocycles. The third-order valence-electron chi connectivity index (χ3n) is 5.69. The van der Waals surface area contributed by atoms with Gasteiger partial charge in [-0.25, -0.2) is 23.7 Å². The Morgan fingerprint density at radius 3 is 2.72 bits per heavy atom. The van der Waals surface area contributed by atoms with Gasteiger partial charge in [0.15, 0.2) is 11.6 Å². The first kappa shape index (κ1) is 20.3. The molecule has 5 rings (SSSR count). The molecule has 1 aliphatic rings. The van der Waals surface area contributed by atoms with E-state index in [9.17, 15) is 8.78 Å². The molecule has 0 spiro atoms. The van der Waals surface area contributed by atoms with Gasteiger partial charge in [-0.2, -0.15) is 0 Å². The summed E-state index contributed by atoms with van der Waals surface area (Å²) in [6.45, 7) is 5.75. The summed E-state index contributed by atoms with van der Waals surface area (Å²) in [6, 6.07) is 9.72. The smallest absolute Gasteiger partial charge is 0.159 e. The molecule has 1 saturated heterocycles. The summed E-state index contributed by atoms with van der Waals surface area (Å²) < 4.78 is 27.3. The highest BCUT2D eigenvalue weighted by Gasteiger charge is 2.18. The van der Waals surface area contributed by atoms with E-state index < -0.39 is 11.6 Å². The van der Waals surface area contributed by atoms with Crippen LogP contribution in [0.1, 0.15) is 18.7 Å². The maximum absolute atomic E-state index is 13.8. The van der Waals surface area contributed by atoms with E-state index in [-0.39, 0.29) is 6.04 Å². The van der Waals surface area contributed by atoms with Crippen LogP contribution in [0.25, 0.3) is 22.2 Å². The van der Waals surface area contributed by atoms with Gasteiger partial charge in [0.1, 0.15) is 23.6 Å². The van der Waals surface area contributed by atoms with Crippen LogP contribution < -0.4 is 15.5 Å².